The molecule has 4 heterocycles. The van der Waals surface area contributed by atoms with Gasteiger partial charge in [-0.15, -0.1) is 22.7 Å². The third-order valence-electron chi connectivity index (χ3n) is 4.26. The maximum atomic E-state index is 12.8. The van der Waals surface area contributed by atoms with Crippen molar-refractivity contribution in [3.63, 3.8) is 0 Å². The summed E-state index contributed by atoms with van der Waals surface area (Å²) in [6.07, 6.45) is 0. The largest absolute Gasteiger partial charge is 0.345 e. The Labute approximate surface area is 177 Å². The summed E-state index contributed by atoms with van der Waals surface area (Å²) in [4.78, 5) is 17.0. The first kappa shape index (κ1) is 19.7. The predicted octanol–water partition coefficient (Wildman–Crippen LogP) is 4.01. The third-order valence-corrected chi connectivity index (χ3v) is 9.53. The Morgan fingerprint density at radius 3 is 2.57 bits per heavy atom. The number of aromatic nitrogens is 1. The number of thiazole rings is 1. The molecule has 8 nitrogen and oxygen atoms in total. The van der Waals surface area contributed by atoms with Gasteiger partial charge in [0.1, 0.15) is 4.21 Å². The lowest BCUT2D eigenvalue weighted by molar-refractivity contribution is -0.384. The van der Waals surface area contributed by atoms with Crippen LogP contribution < -0.4 is 4.90 Å². The number of nitro groups is 1. The summed E-state index contributed by atoms with van der Waals surface area (Å²) in [5.74, 6) is 0. The van der Waals surface area contributed by atoms with Crippen LogP contribution in [0.4, 0.5) is 10.8 Å². The molecular weight excluding hydrogens is 464 g/mol. The van der Waals surface area contributed by atoms with Crippen LogP contribution >= 0.6 is 45.6 Å². The first-order valence-electron chi connectivity index (χ1n) is 8.03. The highest BCUT2D eigenvalue weighted by Crippen LogP contribution is 2.38. The molecule has 3 aromatic heterocycles. The van der Waals surface area contributed by atoms with Crippen molar-refractivity contribution < 1.29 is 13.3 Å². The molecule has 0 spiro atoms. The second-order valence-electron chi connectivity index (χ2n) is 5.90. The van der Waals surface area contributed by atoms with E-state index in [1.807, 2.05) is 22.2 Å². The molecule has 28 heavy (non-hydrogen) atoms. The van der Waals surface area contributed by atoms with Crippen molar-refractivity contribution in [2.75, 3.05) is 31.1 Å². The molecule has 1 saturated heterocycles. The van der Waals surface area contributed by atoms with Gasteiger partial charge in [0.05, 0.1) is 10.6 Å². The smallest absolute Gasteiger partial charge is 0.300 e. The van der Waals surface area contributed by atoms with Crippen LogP contribution in [0.25, 0.3) is 11.3 Å². The number of thiophene rings is 2. The molecule has 0 radical (unpaired) electrons. The van der Waals surface area contributed by atoms with E-state index in [0.717, 1.165) is 22.5 Å². The number of rotatable bonds is 5. The van der Waals surface area contributed by atoms with Crippen molar-refractivity contribution in [3.8, 4) is 11.3 Å². The summed E-state index contributed by atoms with van der Waals surface area (Å²) in [7, 11) is -3.81. The van der Waals surface area contributed by atoms with Crippen LogP contribution in [0.15, 0.2) is 32.5 Å². The van der Waals surface area contributed by atoms with E-state index >= 15 is 0 Å². The van der Waals surface area contributed by atoms with Gasteiger partial charge in [-0.1, -0.05) is 11.6 Å². The molecule has 3 aromatic rings. The van der Waals surface area contributed by atoms with Crippen LogP contribution in [0.2, 0.25) is 4.34 Å². The fraction of sp³-hybridized carbons (Fsp3) is 0.267. The van der Waals surface area contributed by atoms with Crippen LogP contribution in [-0.4, -0.2) is 48.8 Å². The van der Waals surface area contributed by atoms with Gasteiger partial charge in [-0.25, -0.2) is 13.4 Å². The van der Waals surface area contributed by atoms with Crippen molar-refractivity contribution in [3.05, 3.63) is 42.7 Å². The van der Waals surface area contributed by atoms with Crippen molar-refractivity contribution in [2.45, 2.75) is 4.21 Å². The first-order chi connectivity index (χ1) is 13.4. The number of halogens is 1. The highest BCUT2D eigenvalue weighted by Gasteiger charge is 2.33. The molecule has 1 aliphatic heterocycles. The second kappa shape index (κ2) is 7.69. The summed E-state index contributed by atoms with van der Waals surface area (Å²) < 4.78 is 26.7. The molecule has 0 atom stereocenters. The van der Waals surface area contributed by atoms with Crippen molar-refractivity contribution in [1.29, 1.82) is 0 Å². The molecule has 0 aromatic carbocycles. The van der Waals surface area contributed by atoms with Gasteiger partial charge in [-0.3, -0.25) is 10.1 Å². The van der Waals surface area contributed by atoms with E-state index in [0.29, 0.717) is 24.4 Å². The van der Waals surface area contributed by atoms with Gasteiger partial charge >= 0.3 is 0 Å². The van der Waals surface area contributed by atoms with Crippen molar-refractivity contribution in [1.82, 2.24) is 9.29 Å². The van der Waals surface area contributed by atoms with Gasteiger partial charge in [-0.05, 0) is 11.4 Å². The summed E-state index contributed by atoms with van der Waals surface area (Å²) in [6, 6.07) is 3.04. The maximum absolute atomic E-state index is 12.8. The molecule has 1 aliphatic rings. The van der Waals surface area contributed by atoms with Crippen molar-refractivity contribution in [2.24, 2.45) is 0 Å². The molecule has 0 N–H and O–H groups in total. The minimum Gasteiger partial charge on any atom is -0.345 e. The number of sulfonamides is 1. The van der Waals surface area contributed by atoms with E-state index in [2.05, 4.69) is 9.88 Å². The van der Waals surface area contributed by atoms with Gasteiger partial charge in [0.2, 0.25) is 0 Å². The van der Waals surface area contributed by atoms with Gasteiger partial charge in [0.25, 0.3) is 15.7 Å². The molecule has 0 bridgehead atoms. The maximum Gasteiger partial charge on any atom is 0.300 e. The lowest BCUT2D eigenvalue weighted by Crippen LogP contribution is -2.48. The lowest BCUT2D eigenvalue weighted by Gasteiger charge is -2.33. The van der Waals surface area contributed by atoms with E-state index in [4.69, 9.17) is 11.6 Å². The summed E-state index contributed by atoms with van der Waals surface area (Å²) in [6.45, 7) is 1.55. The Hall–Kier alpha value is -1.57. The molecule has 13 heteroatoms. The zero-order valence-electron chi connectivity index (χ0n) is 14.1. The minimum absolute atomic E-state index is 0.105. The SMILES string of the molecule is O=[N+]([O-])c1cc(S(=O)(=O)N2CCN(c3nc(-c4ccsc4)cs3)CC2)sc1Cl. The highest BCUT2D eigenvalue weighted by molar-refractivity contribution is 7.91. The number of piperazine rings is 1. The average molecular weight is 477 g/mol. The Bertz CT molecular complexity index is 1100. The Morgan fingerprint density at radius 1 is 1.21 bits per heavy atom. The predicted molar refractivity (Wildman–Crippen MR) is 112 cm³/mol. The molecule has 0 saturated carbocycles. The number of hydrogen-bond donors (Lipinski definition) is 0. The quantitative estimate of drug-likeness (QED) is 0.407. The zero-order chi connectivity index (χ0) is 19.9. The molecule has 4 rings (SSSR count). The second-order valence-corrected chi connectivity index (χ2v) is 11.3. The van der Waals surface area contributed by atoms with E-state index in [1.165, 1.54) is 15.6 Å². The standard InChI is InChI=1S/C15H13ClN4O4S4/c16-14-12(20(21)22)7-13(27-14)28(23,24)19-4-2-18(3-5-19)15-17-11(9-26-15)10-1-6-25-8-10/h1,6-9H,2-5H2. The van der Waals surface area contributed by atoms with E-state index in [-0.39, 0.29) is 27.3 Å². The lowest BCUT2D eigenvalue weighted by atomic mass is 10.3. The average Bonchev–Trinajstić information content (AvgIpc) is 3.41. The molecular formula is C15H13ClN4O4S4. The minimum atomic E-state index is -3.81. The topological polar surface area (TPSA) is 96.6 Å². The number of anilines is 1. The Balaban J connectivity index is 1.46. The molecule has 1 fully saturated rings. The highest BCUT2D eigenvalue weighted by atomic mass is 35.5. The van der Waals surface area contributed by atoms with Crippen LogP contribution in [-0.2, 0) is 10.0 Å². The number of nitrogens with zero attached hydrogens (tertiary/aromatic N) is 4. The molecule has 0 aliphatic carbocycles. The van der Waals surface area contributed by atoms with Gasteiger partial charge in [0, 0.05) is 48.6 Å². The summed E-state index contributed by atoms with van der Waals surface area (Å²) in [5.41, 5.74) is 1.61. The van der Waals surface area contributed by atoms with Crippen LogP contribution in [0.3, 0.4) is 0 Å². The summed E-state index contributed by atoms with van der Waals surface area (Å²) >= 11 is 9.67. The van der Waals surface area contributed by atoms with Crippen LogP contribution in [0.5, 0.6) is 0 Å². The van der Waals surface area contributed by atoms with Crippen LogP contribution in [0, 0.1) is 10.1 Å². The first-order valence-corrected chi connectivity index (χ1v) is 12.5. The van der Waals surface area contributed by atoms with Gasteiger partial charge < -0.3 is 4.90 Å². The normalized spacial score (nSPS) is 15.8. The van der Waals surface area contributed by atoms with Gasteiger partial charge in [-0.2, -0.15) is 15.6 Å². The third kappa shape index (κ3) is 3.67. The Kier molecular flexibility index (Phi) is 5.42. The van der Waals surface area contributed by atoms with Crippen LogP contribution in [0.1, 0.15) is 0 Å². The fourth-order valence-corrected chi connectivity index (χ4v) is 7.57. The number of hydrogen-bond acceptors (Lipinski definition) is 9. The van der Waals surface area contributed by atoms with E-state index < -0.39 is 14.9 Å². The monoisotopic (exact) mass is 476 g/mol. The van der Waals surface area contributed by atoms with E-state index in [1.54, 1.807) is 11.3 Å². The molecule has 148 valence electrons. The van der Waals surface area contributed by atoms with E-state index in [9.17, 15) is 18.5 Å². The summed E-state index contributed by atoms with van der Waals surface area (Å²) in [5, 5.41) is 17.8. The Morgan fingerprint density at radius 2 is 1.96 bits per heavy atom. The fourth-order valence-electron chi connectivity index (χ4n) is 2.79. The van der Waals surface area contributed by atoms with Crippen molar-refractivity contribution >= 4 is 66.5 Å². The molecule has 0 unspecified atom stereocenters. The van der Waals surface area contributed by atoms with Gasteiger partial charge in [0.15, 0.2) is 9.47 Å². The zero-order valence-corrected chi connectivity index (χ0v) is 18.2. The molecule has 0 amide bonds.